The number of imidazole rings is 2. The number of aliphatic carboxylic acids is 1. The first-order valence-electron chi connectivity index (χ1n) is 43.5. The van der Waals surface area contributed by atoms with E-state index < -0.39 is 92.3 Å². The summed E-state index contributed by atoms with van der Waals surface area (Å²) in [6.45, 7) is 29.1. The fourth-order valence-electron chi connectivity index (χ4n) is 12.9. The fourth-order valence-corrected chi connectivity index (χ4v) is 12.9. The van der Waals surface area contributed by atoms with Gasteiger partial charge < -0.3 is 86.0 Å². The molecule has 10 aromatic rings. The molecule has 0 unspecified atom stereocenters. The van der Waals surface area contributed by atoms with Crippen LogP contribution in [0.2, 0.25) is 0 Å². The van der Waals surface area contributed by atoms with E-state index in [2.05, 4.69) is 48.4 Å². The number of nitrogens with two attached hydrogens (primary N) is 4. The monoisotopic (exact) mass is 2130 g/mol. The van der Waals surface area contributed by atoms with Crippen LogP contribution in [0, 0.1) is 20.2 Å². The first kappa shape index (κ1) is 129. The molecular formula is C97H127Cl2F3K2N20O22. The van der Waals surface area contributed by atoms with E-state index in [1.165, 1.54) is 91.2 Å². The zero-order valence-corrected chi connectivity index (χ0v) is 87.5. The van der Waals surface area contributed by atoms with Gasteiger partial charge in [-0.25, -0.2) is 38.4 Å². The van der Waals surface area contributed by atoms with Crippen molar-refractivity contribution in [2.24, 2.45) is 0 Å². The van der Waals surface area contributed by atoms with E-state index in [0.29, 0.717) is 88.3 Å². The molecule has 0 fully saturated rings. The Morgan fingerprint density at radius 3 is 1.44 bits per heavy atom. The number of benzene rings is 4. The molecular weight excluding hydrogens is 2000 g/mol. The van der Waals surface area contributed by atoms with Crippen LogP contribution in [0.15, 0.2) is 193 Å². The molecule has 0 saturated heterocycles. The van der Waals surface area contributed by atoms with Crippen LogP contribution in [0.4, 0.5) is 106 Å². The number of hydrogen-bond donors (Lipinski definition) is 8. The summed E-state index contributed by atoms with van der Waals surface area (Å²) < 4.78 is 84.3. The summed E-state index contributed by atoms with van der Waals surface area (Å²) in [5, 5.41) is 34.4. The minimum absolute atomic E-state index is 0. The second kappa shape index (κ2) is 61.0. The number of amides is 5. The molecule has 0 radical (unpaired) electrons. The van der Waals surface area contributed by atoms with Crippen LogP contribution in [0.25, 0.3) is 22.1 Å². The number of alkyl halides is 5. The molecule has 784 valence electrons. The van der Waals surface area contributed by atoms with Crippen LogP contribution in [0.1, 0.15) is 136 Å². The number of carboxylic acid groups (broad SMARTS) is 1. The Bertz CT molecular complexity index is 6320. The first-order valence-corrected chi connectivity index (χ1v) is 60.5. The van der Waals surface area contributed by atoms with Crippen LogP contribution in [0.5, 0.6) is 23.5 Å². The number of H-pyrrole nitrogens is 2. The molecule has 0 aliphatic carbocycles. The SMILES string of the molecule is C.C.C.C.C.C=CCOc1cc(N(Cc2cccc(N(CC=C)C(=O)OC(C)(C)C)c2)C(=O)OCC)c([N+](=O)[O-])c(N)n1.CC(C)(C)OC(=O)N1C/C=C/COc2cc3c([nH]c(=O)n3Cc3cccc1c3)c(N)n2.CCOC(=O)N1Cc2cccc(c2)N(C(=O)OC(C)(C)C)C/C=C/COc2cc1c([N+](=O)[O-])c(N)n2.ClCCl.Nc1nc2cc3c1[nH]c(=O)n3Cc1cccc(c1)NC/C=C/CO2.O=C(O)C(F)(F)F.[K][K]. The molecule has 42 nitrogen and oxygen atoms in total. The summed E-state index contributed by atoms with van der Waals surface area (Å²) in [6, 6.07) is 35.0. The fraction of sp³-hybridized carbons (Fsp3) is 0.361. The van der Waals surface area contributed by atoms with Crippen molar-refractivity contribution in [3.8, 4) is 23.5 Å². The average molecular weight is 2130 g/mol. The van der Waals surface area contributed by atoms with E-state index in [1.54, 1.807) is 154 Å². The van der Waals surface area contributed by atoms with Crippen LogP contribution in [0.3, 0.4) is 0 Å². The quantitative estimate of drug-likeness (QED) is 0.0133. The standard InChI is InChI=1S/C26H33N5O7.C24H29N5O7.C22H25N5O4.C17H17N5O2.C2HF3O2.CH2Cl2.5CH4.2K/c1-7-13-29(25(33)38-26(4,5)6)19-12-10-11-18(15-19)17-30(24(32)36-9-3)20-16-21(37-14-8-2)28-23(27)22(20)31(34)35;1-5-34-22(30)28-15-16-9-8-10-17(13-16)27(23(31)36-24(2,3)4)11-6-7-12-35-19-14-18(28)20(29(32)33)21(25)26-19;1-22(2,3)31-21(29)26-9-4-5-10-30-17-12-16-18(19(23)24-17)25-20(28)27(16)13-14-7-6-8-15(26)11-14;18-16-15-13-9-14(20-16)24-7-2-1-6-19-12-5-3-4-11(8-12)10-22(13)17(23)21-15;3-2(4,5)1(6)7;2-1-3;;;;;;;/h7-8,10-12,15-16H,1-2,9,13-14,17H2,3-6H3,(H2,27,28);6-10,13-14H,5,11-12,15H2,1-4H3,(H2,25,26);4-8,11-12H,9-10,13H2,1-3H3,(H2,23,24)(H,25,28);1-5,8-9,19H,6-7,10H2,(H2,18,20)(H,21,23);(H,6,7);1H2;5*1H4;;/b;7-6+;5-4+;2-1+;;;;;;;;;. The molecule has 0 spiro atoms. The normalized spacial score (nSPS) is 13.0. The zero-order chi connectivity index (χ0) is 104. The Morgan fingerprint density at radius 2 is 0.986 bits per heavy atom. The van der Waals surface area contributed by atoms with Gasteiger partial charge in [0.05, 0.1) is 65.6 Å². The number of nitrogens with one attached hydrogen (secondary N) is 3. The van der Waals surface area contributed by atoms with Gasteiger partial charge >= 0.3 is 129 Å². The zero-order valence-electron chi connectivity index (χ0n) is 79.7. The van der Waals surface area contributed by atoms with Gasteiger partial charge in [-0.2, -0.15) is 33.1 Å². The molecule has 3 aliphatic heterocycles. The third-order valence-electron chi connectivity index (χ3n) is 18.6. The molecule has 4 aromatic carbocycles. The summed E-state index contributed by atoms with van der Waals surface area (Å²) >= 11 is 12.0. The van der Waals surface area contributed by atoms with Gasteiger partial charge in [-0.1, -0.05) is 123 Å². The predicted molar refractivity (Wildman–Crippen MR) is 565 cm³/mol. The van der Waals surface area contributed by atoms with Gasteiger partial charge in [-0.15, -0.1) is 29.8 Å². The maximum absolute atomic E-state index is 13.0. The molecule has 0 atom stereocenters. The van der Waals surface area contributed by atoms with Crippen LogP contribution in [-0.4, -0.2) is 248 Å². The van der Waals surface area contributed by atoms with E-state index in [4.69, 9.17) is 98.7 Å². The third kappa shape index (κ3) is 39.2. The minimum atomic E-state index is -5.08. The Hall–Kier alpha value is -12.8. The molecule has 6 aromatic heterocycles. The molecule has 0 saturated carbocycles. The van der Waals surface area contributed by atoms with E-state index in [-0.39, 0.29) is 154 Å². The van der Waals surface area contributed by atoms with Crippen molar-refractivity contribution >= 4 is 214 Å². The molecule has 12 bridgehead atoms. The number of aromatic amines is 2. The van der Waals surface area contributed by atoms with Crippen molar-refractivity contribution in [2.45, 2.75) is 162 Å². The summed E-state index contributed by atoms with van der Waals surface area (Å²) in [4.78, 5) is 149. The van der Waals surface area contributed by atoms with E-state index >= 15 is 0 Å². The number of anilines is 10. The Morgan fingerprint density at radius 1 is 0.548 bits per heavy atom. The van der Waals surface area contributed by atoms with Crippen molar-refractivity contribution in [3.63, 3.8) is 0 Å². The number of carboxylic acids is 1. The van der Waals surface area contributed by atoms with Crippen molar-refractivity contribution in [1.82, 2.24) is 39.0 Å². The Balaban J connectivity index is 0.000000631. The van der Waals surface area contributed by atoms with Crippen LogP contribution in [-0.2, 0) is 54.7 Å². The van der Waals surface area contributed by atoms with Crippen molar-refractivity contribution in [2.75, 3.05) is 124 Å². The Kier molecular flexibility index (Phi) is 54.0. The number of pyridine rings is 4. The number of carbonyl (C=O) groups is 6. The van der Waals surface area contributed by atoms with Crippen molar-refractivity contribution in [3.05, 3.63) is 247 Å². The number of ether oxygens (including phenoxy) is 9. The molecule has 146 heavy (non-hydrogen) atoms. The summed E-state index contributed by atoms with van der Waals surface area (Å²) in [7, 11) is 0. The number of aromatic nitrogens is 8. The topological polar surface area (TPSA) is 551 Å². The molecule has 13 rings (SSSR count). The van der Waals surface area contributed by atoms with Crippen molar-refractivity contribution in [1.29, 1.82) is 0 Å². The van der Waals surface area contributed by atoms with Crippen LogP contribution < -0.4 is 83.1 Å². The number of rotatable bonds is 13. The number of fused-ring (bicyclic) bond motifs is 10. The summed E-state index contributed by atoms with van der Waals surface area (Å²) in [5.41, 5.74) is 27.6. The van der Waals surface area contributed by atoms with E-state index in [0.717, 1.165) is 26.6 Å². The third-order valence-corrected chi connectivity index (χ3v) is 18.6. The number of hydrogen-bond acceptors (Lipinski definition) is 30. The van der Waals surface area contributed by atoms with Gasteiger partial charge in [0.15, 0.2) is 11.6 Å². The number of halogens is 5. The molecule has 5 amide bonds. The second-order valence-corrected chi connectivity index (χ2v) is 33.3. The molecule has 3 aliphatic rings. The number of nitrogen functional groups attached to an aromatic ring is 4. The van der Waals surface area contributed by atoms with Gasteiger partial charge in [0.2, 0.25) is 35.2 Å². The van der Waals surface area contributed by atoms with Crippen LogP contribution >= 0.6 is 23.2 Å². The number of nitrogens with zero attached hydrogens (tertiary/aromatic N) is 13. The predicted octanol–water partition coefficient (Wildman–Crippen LogP) is 18.9. The van der Waals surface area contributed by atoms with Gasteiger partial charge in [0, 0.05) is 73.2 Å². The second-order valence-electron chi connectivity index (χ2n) is 32.5. The molecule has 49 heteroatoms. The maximum atomic E-state index is 13.0. The number of nitro groups is 2. The van der Waals surface area contributed by atoms with Gasteiger partial charge in [0.1, 0.15) is 65.6 Å². The van der Waals surface area contributed by atoms with Gasteiger partial charge in [0.25, 0.3) is 0 Å². The first-order chi connectivity index (χ1) is 66.7. The Labute approximate surface area is 899 Å². The average Bonchev–Trinajstić information content (AvgIpc) is 1.18. The van der Waals surface area contributed by atoms with Crippen molar-refractivity contribution < 1.29 is 99.5 Å². The number of carbonyl (C=O) groups excluding carboxylic acids is 5. The summed E-state index contributed by atoms with van der Waals surface area (Å²) in [5.74, 6) is -2.47. The van der Waals surface area contributed by atoms with Gasteiger partial charge in [-0.05, 0) is 165 Å². The van der Waals surface area contributed by atoms with Gasteiger partial charge in [-0.3, -0.25) is 53.9 Å². The molecule has 12 N–H and O–H groups in total. The summed E-state index contributed by atoms with van der Waals surface area (Å²) in [6.07, 6.45) is 5.57. The molecule has 9 heterocycles. The van der Waals surface area contributed by atoms with E-state index in [1.807, 2.05) is 87.5 Å². The van der Waals surface area contributed by atoms with E-state index in [9.17, 15) is 67.0 Å².